The first-order chi connectivity index (χ1) is 10.1. The first-order valence-corrected chi connectivity index (χ1v) is 8.56. The molecule has 2 heterocycles. The van der Waals surface area contributed by atoms with Crippen LogP contribution < -0.4 is 10.6 Å². The number of morpholine rings is 1. The van der Waals surface area contributed by atoms with E-state index >= 15 is 0 Å². The molecule has 116 valence electrons. The quantitative estimate of drug-likeness (QED) is 0.905. The predicted octanol–water partition coefficient (Wildman–Crippen LogP) is 2.38. The Morgan fingerprint density at radius 1 is 1.29 bits per heavy atom. The Balaban J connectivity index is 1.68. The van der Waals surface area contributed by atoms with Crippen LogP contribution in [0.2, 0.25) is 0 Å². The van der Waals surface area contributed by atoms with E-state index < -0.39 is 0 Å². The van der Waals surface area contributed by atoms with E-state index in [2.05, 4.69) is 43.9 Å². The third kappa shape index (κ3) is 3.42. The van der Waals surface area contributed by atoms with Crippen LogP contribution in [0.15, 0.2) is 22.7 Å². The lowest BCUT2D eigenvalue weighted by molar-refractivity contribution is 0.0209. The van der Waals surface area contributed by atoms with Gasteiger partial charge in [0, 0.05) is 42.7 Å². The van der Waals surface area contributed by atoms with Crippen LogP contribution in [-0.4, -0.2) is 50.3 Å². The molecule has 0 saturated carbocycles. The van der Waals surface area contributed by atoms with Crippen molar-refractivity contribution >= 4 is 21.6 Å². The van der Waals surface area contributed by atoms with Crippen molar-refractivity contribution in [2.45, 2.75) is 25.4 Å². The first-order valence-electron chi connectivity index (χ1n) is 7.77. The van der Waals surface area contributed by atoms with E-state index in [0.29, 0.717) is 6.04 Å². The number of nitrogens with two attached hydrogens (primary N) is 1. The van der Waals surface area contributed by atoms with Gasteiger partial charge in [0.2, 0.25) is 0 Å². The third-order valence-electron chi connectivity index (χ3n) is 4.56. The summed E-state index contributed by atoms with van der Waals surface area (Å²) in [5, 5.41) is 0. The molecule has 2 aliphatic heterocycles. The van der Waals surface area contributed by atoms with Crippen LogP contribution in [0.5, 0.6) is 0 Å². The van der Waals surface area contributed by atoms with E-state index in [4.69, 9.17) is 10.5 Å². The van der Waals surface area contributed by atoms with Gasteiger partial charge in [-0.05, 0) is 47.0 Å². The summed E-state index contributed by atoms with van der Waals surface area (Å²) in [4.78, 5) is 5.06. The van der Waals surface area contributed by atoms with E-state index in [0.717, 1.165) is 43.9 Å². The van der Waals surface area contributed by atoms with Crippen LogP contribution in [0.25, 0.3) is 0 Å². The van der Waals surface area contributed by atoms with Crippen LogP contribution in [0.3, 0.4) is 0 Å². The van der Waals surface area contributed by atoms with Crippen molar-refractivity contribution in [2.75, 3.05) is 44.3 Å². The van der Waals surface area contributed by atoms with Crippen molar-refractivity contribution in [1.82, 2.24) is 4.90 Å². The lowest BCUT2D eigenvalue weighted by atomic mass is 10.1. The van der Waals surface area contributed by atoms with Crippen LogP contribution in [0, 0.1) is 0 Å². The van der Waals surface area contributed by atoms with Crippen LogP contribution in [-0.2, 0) is 4.74 Å². The van der Waals surface area contributed by atoms with Crippen molar-refractivity contribution < 1.29 is 4.74 Å². The Morgan fingerprint density at radius 3 is 2.71 bits per heavy atom. The number of anilines is 1. The number of benzene rings is 1. The molecule has 1 unspecified atom stereocenters. The Morgan fingerprint density at radius 2 is 2.05 bits per heavy atom. The molecule has 1 aromatic carbocycles. The lowest BCUT2D eigenvalue weighted by Gasteiger charge is -2.32. The molecule has 5 heteroatoms. The molecule has 2 saturated heterocycles. The Hall–Kier alpha value is -0.620. The summed E-state index contributed by atoms with van der Waals surface area (Å²) in [6.07, 6.45) is 1.24. The SMILES string of the molecule is C[C@@H](N)c1ccc(N2CCC(N3CCOCC3)C2)c(Br)c1. The highest BCUT2D eigenvalue weighted by Gasteiger charge is 2.29. The zero-order valence-corrected chi connectivity index (χ0v) is 14.2. The van der Waals surface area contributed by atoms with Gasteiger partial charge in [-0.15, -0.1) is 0 Å². The molecular formula is C16H24BrN3O. The van der Waals surface area contributed by atoms with E-state index in [1.54, 1.807) is 0 Å². The molecule has 3 rings (SSSR count). The van der Waals surface area contributed by atoms with Gasteiger partial charge in [0.15, 0.2) is 0 Å². The maximum atomic E-state index is 5.95. The molecule has 0 bridgehead atoms. The molecule has 2 fully saturated rings. The highest BCUT2D eigenvalue weighted by atomic mass is 79.9. The largest absolute Gasteiger partial charge is 0.379 e. The number of hydrogen-bond acceptors (Lipinski definition) is 4. The number of halogens is 1. The number of nitrogens with zero attached hydrogens (tertiary/aromatic N) is 2. The predicted molar refractivity (Wildman–Crippen MR) is 89.8 cm³/mol. The summed E-state index contributed by atoms with van der Waals surface area (Å²) >= 11 is 3.71. The highest BCUT2D eigenvalue weighted by molar-refractivity contribution is 9.10. The van der Waals surface area contributed by atoms with Crippen LogP contribution in [0.1, 0.15) is 24.9 Å². The molecule has 0 spiro atoms. The fourth-order valence-electron chi connectivity index (χ4n) is 3.26. The van der Waals surface area contributed by atoms with Crippen molar-refractivity contribution in [3.8, 4) is 0 Å². The summed E-state index contributed by atoms with van der Waals surface area (Å²) in [7, 11) is 0. The molecule has 21 heavy (non-hydrogen) atoms. The second-order valence-electron chi connectivity index (χ2n) is 6.04. The van der Waals surface area contributed by atoms with Gasteiger partial charge in [0.25, 0.3) is 0 Å². The van der Waals surface area contributed by atoms with Gasteiger partial charge >= 0.3 is 0 Å². The normalized spacial score (nSPS) is 25.3. The van der Waals surface area contributed by atoms with Crippen molar-refractivity contribution in [2.24, 2.45) is 5.73 Å². The maximum absolute atomic E-state index is 5.95. The van der Waals surface area contributed by atoms with E-state index in [-0.39, 0.29) is 6.04 Å². The molecule has 2 aliphatic rings. The molecule has 4 nitrogen and oxygen atoms in total. The van der Waals surface area contributed by atoms with Crippen LogP contribution >= 0.6 is 15.9 Å². The monoisotopic (exact) mass is 353 g/mol. The van der Waals surface area contributed by atoms with E-state index in [1.807, 2.05) is 6.92 Å². The van der Waals surface area contributed by atoms with Gasteiger partial charge in [-0.3, -0.25) is 4.90 Å². The van der Waals surface area contributed by atoms with Crippen molar-refractivity contribution in [3.05, 3.63) is 28.2 Å². The Bertz CT molecular complexity index is 488. The molecule has 0 aliphatic carbocycles. The number of rotatable bonds is 3. The first kappa shape index (κ1) is 15.3. The molecule has 0 amide bonds. The van der Waals surface area contributed by atoms with Gasteiger partial charge in [0.05, 0.1) is 18.9 Å². The topological polar surface area (TPSA) is 41.7 Å². The average molecular weight is 354 g/mol. The van der Waals surface area contributed by atoms with Crippen LogP contribution in [0.4, 0.5) is 5.69 Å². The highest BCUT2D eigenvalue weighted by Crippen LogP contribution is 2.32. The fraction of sp³-hybridized carbons (Fsp3) is 0.625. The number of hydrogen-bond donors (Lipinski definition) is 1. The fourth-order valence-corrected chi connectivity index (χ4v) is 3.91. The molecule has 1 aromatic rings. The standard InChI is InChI=1S/C16H24BrN3O/c1-12(18)13-2-3-16(15(17)10-13)20-5-4-14(11-20)19-6-8-21-9-7-19/h2-3,10,12,14H,4-9,11,18H2,1H3/t12-,14?/m1/s1. The second kappa shape index (κ2) is 6.65. The molecule has 0 aromatic heterocycles. The molecule has 2 N–H and O–H groups in total. The lowest BCUT2D eigenvalue weighted by Crippen LogP contribution is -2.44. The smallest absolute Gasteiger partial charge is 0.0594 e. The third-order valence-corrected chi connectivity index (χ3v) is 5.20. The van der Waals surface area contributed by atoms with Crippen molar-refractivity contribution in [3.63, 3.8) is 0 Å². The molecule has 0 radical (unpaired) electrons. The van der Waals surface area contributed by atoms with Gasteiger partial charge in [-0.2, -0.15) is 0 Å². The maximum Gasteiger partial charge on any atom is 0.0594 e. The summed E-state index contributed by atoms with van der Waals surface area (Å²) < 4.78 is 6.60. The van der Waals surface area contributed by atoms with Crippen molar-refractivity contribution in [1.29, 1.82) is 0 Å². The minimum absolute atomic E-state index is 0.0787. The van der Waals surface area contributed by atoms with Gasteiger partial charge in [0.1, 0.15) is 0 Å². The zero-order valence-electron chi connectivity index (χ0n) is 12.6. The van der Waals surface area contributed by atoms with E-state index in [1.165, 1.54) is 17.7 Å². The van der Waals surface area contributed by atoms with Gasteiger partial charge < -0.3 is 15.4 Å². The summed E-state index contributed by atoms with van der Waals surface area (Å²) in [5.74, 6) is 0. The van der Waals surface area contributed by atoms with Gasteiger partial charge in [-0.25, -0.2) is 0 Å². The Kier molecular flexibility index (Phi) is 4.84. The second-order valence-corrected chi connectivity index (χ2v) is 6.89. The molecular weight excluding hydrogens is 330 g/mol. The zero-order chi connectivity index (χ0) is 14.8. The molecule has 2 atom stereocenters. The summed E-state index contributed by atoms with van der Waals surface area (Å²) in [6.45, 7) is 8.15. The number of ether oxygens (including phenoxy) is 1. The van der Waals surface area contributed by atoms with Gasteiger partial charge in [-0.1, -0.05) is 6.07 Å². The summed E-state index contributed by atoms with van der Waals surface area (Å²) in [6, 6.07) is 7.24. The minimum Gasteiger partial charge on any atom is -0.379 e. The Labute approximate surface area is 135 Å². The average Bonchev–Trinajstić information content (AvgIpc) is 2.97. The van der Waals surface area contributed by atoms with E-state index in [9.17, 15) is 0 Å². The summed E-state index contributed by atoms with van der Waals surface area (Å²) in [5.41, 5.74) is 8.42. The minimum atomic E-state index is 0.0787.